The molecular weight excluding hydrogens is 571 g/mol. The van der Waals surface area contributed by atoms with Gasteiger partial charge >= 0.3 is 12.1 Å². The van der Waals surface area contributed by atoms with E-state index in [0.29, 0.717) is 30.0 Å². The Morgan fingerprint density at radius 3 is 2.05 bits per heavy atom. The molecule has 1 atom stereocenters. The zero-order chi connectivity index (χ0) is 31.3. The molecule has 0 unspecified atom stereocenters. The number of benzene rings is 2. The molecule has 3 aliphatic heterocycles. The van der Waals surface area contributed by atoms with E-state index >= 15 is 0 Å². The second-order valence-electron chi connectivity index (χ2n) is 10.8. The molecule has 0 aliphatic carbocycles. The van der Waals surface area contributed by atoms with Crippen LogP contribution in [0.1, 0.15) is 40.2 Å². The molecule has 0 spiro atoms. The molecule has 3 saturated heterocycles. The highest BCUT2D eigenvalue weighted by Crippen LogP contribution is 2.38. The molecular formula is C30H32F3N3O7. The minimum absolute atomic E-state index is 0.254. The number of aliphatic carboxylic acids is 1. The Labute approximate surface area is 245 Å². The fourth-order valence-electron chi connectivity index (χ4n) is 5.62. The fourth-order valence-corrected chi connectivity index (χ4v) is 5.62. The summed E-state index contributed by atoms with van der Waals surface area (Å²) in [4.78, 5) is 34.8. The number of halogens is 3. The van der Waals surface area contributed by atoms with Crippen LogP contribution in [-0.4, -0.2) is 77.6 Å². The molecule has 4 heterocycles. The molecule has 1 aromatic heterocycles. The van der Waals surface area contributed by atoms with Gasteiger partial charge in [0.2, 0.25) is 5.60 Å². The smallest absolute Gasteiger partial charge is 0.430 e. The lowest BCUT2D eigenvalue weighted by atomic mass is 9.82. The Bertz CT molecular complexity index is 1370. The highest BCUT2D eigenvalue weighted by molar-refractivity contribution is 5.92. The minimum Gasteiger partial charge on any atom is -0.542 e. The molecule has 1 amide bonds. The van der Waals surface area contributed by atoms with Crippen molar-refractivity contribution >= 4 is 17.8 Å². The van der Waals surface area contributed by atoms with Crippen molar-refractivity contribution in [3.63, 3.8) is 0 Å². The van der Waals surface area contributed by atoms with Crippen molar-refractivity contribution in [1.82, 2.24) is 10.5 Å². The average molecular weight is 604 g/mol. The molecule has 13 heteroatoms. The molecule has 3 fully saturated rings. The number of aromatic nitrogens is 1. The van der Waals surface area contributed by atoms with E-state index in [2.05, 4.69) is 10.5 Å². The second-order valence-corrected chi connectivity index (χ2v) is 10.8. The Balaban J connectivity index is 0.000000541. The number of aliphatic hydroxyl groups is 1. The number of carboxylic acid groups (broad SMARTS) is 1. The number of piperidine rings is 3. The number of hydrogen-bond acceptors (Lipinski definition) is 8. The van der Waals surface area contributed by atoms with Crippen LogP contribution in [-0.2, 0) is 19.9 Å². The number of ether oxygens (including phenoxy) is 1. The third-order valence-electron chi connectivity index (χ3n) is 7.94. The average Bonchev–Trinajstić information content (AvgIpc) is 3.44. The lowest BCUT2D eigenvalue weighted by Gasteiger charge is -2.52. The van der Waals surface area contributed by atoms with Gasteiger partial charge in [0.25, 0.3) is 5.91 Å². The van der Waals surface area contributed by atoms with Gasteiger partial charge in [-0.2, -0.15) is 13.2 Å². The number of carbonyl (C=O) groups excluding carboxylic acids is 3. The van der Waals surface area contributed by atoms with Gasteiger partial charge in [-0.15, -0.1) is 0 Å². The van der Waals surface area contributed by atoms with Crippen molar-refractivity contribution in [3.05, 3.63) is 89.3 Å². The van der Waals surface area contributed by atoms with Crippen molar-refractivity contribution in [3.8, 4) is 0 Å². The normalized spacial score (nSPS) is 21.3. The summed E-state index contributed by atoms with van der Waals surface area (Å²) < 4.78 is 43.4. The van der Waals surface area contributed by atoms with Crippen LogP contribution in [0.3, 0.4) is 0 Å². The summed E-state index contributed by atoms with van der Waals surface area (Å²) in [6.45, 7) is 5.63. The van der Waals surface area contributed by atoms with Gasteiger partial charge in [-0.05, 0) is 18.1 Å². The predicted molar refractivity (Wildman–Crippen MR) is 143 cm³/mol. The van der Waals surface area contributed by atoms with Gasteiger partial charge in [0, 0.05) is 24.8 Å². The van der Waals surface area contributed by atoms with E-state index in [1.165, 1.54) is 0 Å². The largest absolute Gasteiger partial charge is 0.542 e. The summed E-state index contributed by atoms with van der Waals surface area (Å²) in [5.41, 5.74) is -0.643. The van der Waals surface area contributed by atoms with E-state index in [0.717, 1.165) is 37.0 Å². The number of aryl methyl sites for hydroxylation is 1. The van der Waals surface area contributed by atoms with Gasteiger partial charge in [-0.1, -0.05) is 65.8 Å². The maximum absolute atomic E-state index is 13.6. The van der Waals surface area contributed by atoms with E-state index in [1.807, 2.05) is 12.1 Å². The summed E-state index contributed by atoms with van der Waals surface area (Å²) >= 11 is 0. The predicted octanol–water partition coefficient (Wildman–Crippen LogP) is 2.10. The molecule has 43 heavy (non-hydrogen) atoms. The number of nitrogens with one attached hydrogen (secondary N) is 1. The number of esters is 1. The molecule has 10 nitrogen and oxygen atoms in total. The van der Waals surface area contributed by atoms with E-state index in [-0.39, 0.29) is 23.6 Å². The number of quaternary nitrogens is 1. The van der Waals surface area contributed by atoms with Gasteiger partial charge in [0.1, 0.15) is 18.3 Å². The SMILES string of the molecule is Cc1cc(C(=O)NCC[N+]23CCC(CC2)[C@@H](OC(=O)C(O)(c2ccccc2)c2ccccc2)C3)no1.O=C([O-])C(F)(F)F. The summed E-state index contributed by atoms with van der Waals surface area (Å²) in [6.07, 6.45) is -3.58. The molecule has 0 saturated carbocycles. The molecule has 2 bridgehead atoms. The lowest BCUT2D eigenvalue weighted by Crippen LogP contribution is -2.66. The molecule has 3 aliphatic rings. The van der Waals surface area contributed by atoms with Gasteiger partial charge < -0.3 is 34.1 Å². The van der Waals surface area contributed by atoms with Crippen molar-refractivity contribution in [2.24, 2.45) is 5.92 Å². The Morgan fingerprint density at radius 1 is 1.05 bits per heavy atom. The second kappa shape index (κ2) is 13.0. The Kier molecular flexibility index (Phi) is 9.55. The number of amides is 1. The third kappa shape index (κ3) is 7.41. The van der Waals surface area contributed by atoms with Gasteiger partial charge in [-0.25, -0.2) is 4.79 Å². The molecule has 0 radical (unpaired) electrons. The monoisotopic (exact) mass is 603 g/mol. The summed E-state index contributed by atoms with van der Waals surface area (Å²) in [7, 11) is 0. The van der Waals surface area contributed by atoms with Crippen molar-refractivity contribution in [2.75, 3.05) is 32.7 Å². The first-order chi connectivity index (χ1) is 20.3. The molecule has 2 N–H and O–H groups in total. The van der Waals surface area contributed by atoms with Gasteiger partial charge in [0.15, 0.2) is 11.8 Å². The van der Waals surface area contributed by atoms with Crippen LogP contribution >= 0.6 is 0 Å². The molecule has 2 aromatic carbocycles. The number of alkyl halides is 3. The van der Waals surface area contributed by atoms with Crippen LogP contribution in [0.4, 0.5) is 13.2 Å². The van der Waals surface area contributed by atoms with Crippen molar-refractivity contribution < 1.29 is 51.5 Å². The molecule has 3 aromatic rings. The first kappa shape index (κ1) is 31.7. The third-order valence-corrected chi connectivity index (χ3v) is 7.94. The van der Waals surface area contributed by atoms with Crippen LogP contribution < -0.4 is 10.4 Å². The number of rotatable bonds is 8. The Hall–Kier alpha value is -4.23. The van der Waals surface area contributed by atoms with Gasteiger partial charge in [0.05, 0.1) is 26.2 Å². The number of carboxylic acids is 1. The summed E-state index contributed by atoms with van der Waals surface area (Å²) in [5, 5.41) is 27.2. The van der Waals surface area contributed by atoms with E-state index in [9.17, 15) is 27.9 Å². The molecule has 6 rings (SSSR count). The highest BCUT2D eigenvalue weighted by atomic mass is 19.4. The first-order valence-corrected chi connectivity index (χ1v) is 13.7. The zero-order valence-corrected chi connectivity index (χ0v) is 23.4. The fraction of sp³-hybridized carbons (Fsp3) is 0.400. The topological polar surface area (TPSA) is 142 Å². The van der Waals surface area contributed by atoms with E-state index in [4.69, 9.17) is 19.2 Å². The lowest BCUT2D eigenvalue weighted by molar-refractivity contribution is -0.945. The van der Waals surface area contributed by atoms with Crippen LogP contribution in [0.2, 0.25) is 0 Å². The van der Waals surface area contributed by atoms with Crippen LogP contribution in [0.5, 0.6) is 0 Å². The van der Waals surface area contributed by atoms with Crippen LogP contribution in [0.25, 0.3) is 0 Å². The summed E-state index contributed by atoms with van der Waals surface area (Å²) in [5.74, 6) is -3.04. The molecule has 230 valence electrons. The maximum Gasteiger partial charge on any atom is 0.430 e. The number of fused-ring (bicyclic) bond motifs is 3. The van der Waals surface area contributed by atoms with Crippen molar-refractivity contribution in [1.29, 1.82) is 0 Å². The van der Waals surface area contributed by atoms with Crippen LogP contribution in [0.15, 0.2) is 71.3 Å². The van der Waals surface area contributed by atoms with Crippen LogP contribution in [0, 0.1) is 12.8 Å². The van der Waals surface area contributed by atoms with Gasteiger partial charge in [-0.3, -0.25) is 4.79 Å². The first-order valence-electron chi connectivity index (χ1n) is 13.7. The number of hydrogen-bond donors (Lipinski definition) is 2. The summed E-state index contributed by atoms with van der Waals surface area (Å²) in [6, 6.07) is 19.5. The standard InChI is InChI=1S/C28H31N3O5.C2HF3O2/c1-20-18-24(30-36-20)26(32)29-14-17-31-15-12-21(13-16-31)25(19-31)35-27(33)28(34,22-8-4-2-5-9-22)23-10-6-3-7-11-23;3-2(4,5)1(6)7/h2-11,18,21,25,34H,12-17,19H2,1H3;(H,6,7)/t21?,25-,31?;/m0./s1. The number of nitrogens with zero attached hydrogens (tertiary/aromatic N) is 2. The van der Waals surface area contributed by atoms with Crippen molar-refractivity contribution in [2.45, 2.75) is 37.6 Å². The van der Waals surface area contributed by atoms with E-state index in [1.54, 1.807) is 61.5 Å². The number of carbonyl (C=O) groups is 3. The Morgan fingerprint density at radius 2 is 1.58 bits per heavy atom. The van der Waals surface area contributed by atoms with E-state index < -0.39 is 23.7 Å². The minimum atomic E-state index is -5.19. The maximum atomic E-state index is 13.6. The quantitative estimate of drug-likeness (QED) is 0.295. The zero-order valence-electron chi connectivity index (χ0n) is 23.4. The highest BCUT2D eigenvalue weighted by Gasteiger charge is 2.50.